The van der Waals surface area contributed by atoms with E-state index < -0.39 is 24.6 Å². The summed E-state index contributed by atoms with van der Waals surface area (Å²) in [6, 6.07) is 0. The normalized spacial score (nSPS) is 14.5. The Morgan fingerprint density at radius 2 is 1.17 bits per heavy atom. The highest BCUT2D eigenvalue weighted by Crippen LogP contribution is 2.40. The molecule has 0 aliphatic rings. The van der Waals surface area contributed by atoms with Crippen LogP contribution in [0.1, 0.15) is 0 Å². The lowest BCUT2D eigenvalue weighted by molar-refractivity contribution is -0.332. The van der Waals surface area contributed by atoms with Gasteiger partial charge in [-0.15, -0.1) is 0 Å². The summed E-state index contributed by atoms with van der Waals surface area (Å²) >= 11 is 0. The predicted molar refractivity (Wildman–Crippen MR) is 24.1 cm³/mol. The van der Waals surface area contributed by atoms with E-state index in [-0.39, 0.29) is 0 Å². The first kappa shape index (κ1) is 11.5. The van der Waals surface area contributed by atoms with E-state index in [1.807, 2.05) is 0 Å². The van der Waals surface area contributed by atoms with Crippen LogP contribution < -0.4 is 0 Å². The zero-order valence-electron chi connectivity index (χ0n) is 5.32. The van der Waals surface area contributed by atoms with Crippen molar-refractivity contribution >= 4 is 0 Å². The minimum Gasteiger partial charge on any atom is -0.363 e. The van der Waals surface area contributed by atoms with E-state index in [9.17, 15) is 26.3 Å². The molecule has 0 fully saturated rings. The summed E-state index contributed by atoms with van der Waals surface area (Å²) in [7, 11) is 0. The van der Waals surface area contributed by atoms with E-state index in [0.717, 1.165) is 0 Å². The fraction of sp³-hybridized carbons (Fsp3) is 1.00. The van der Waals surface area contributed by atoms with Crippen molar-refractivity contribution in [3.05, 3.63) is 0 Å². The van der Waals surface area contributed by atoms with Gasteiger partial charge in [-0.2, -0.15) is 17.6 Å². The SMILES string of the molecule is OC(O)C(F)(F)C(F)(F)C(F)F. The molecule has 0 aliphatic carbocycles. The summed E-state index contributed by atoms with van der Waals surface area (Å²) in [6.07, 6.45) is -8.48. The number of aliphatic hydroxyl groups is 2. The number of hydrogen-bond donors (Lipinski definition) is 2. The molecule has 0 aromatic heterocycles. The minimum atomic E-state index is -5.75. The molecule has 0 saturated carbocycles. The summed E-state index contributed by atoms with van der Waals surface area (Å²) in [5, 5.41) is 15.3. The maximum absolute atomic E-state index is 11.8. The smallest absolute Gasteiger partial charge is 0.363 e. The average Bonchev–Trinajstić information content (AvgIpc) is 1.86. The van der Waals surface area contributed by atoms with Crippen LogP contribution in [0.2, 0.25) is 0 Å². The number of alkyl halides is 6. The van der Waals surface area contributed by atoms with Crippen LogP contribution in [0.4, 0.5) is 26.3 Å². The number of halogens is 6. The number of rotatable bonds is 3. The quantitative estimate of drug-likeness (QED) is 0.521. The van der Waals surface area contributed by atoms with Gasteiger partial charge in [-0.25, -0.2) is 8.78 Å². The third kappa shape index (κ3) is 1.63. The molecular formula is C4H4F6O2. The van der Waals surface area contributed by atoms with E-state index in [2.05, 4.69) is 0 Å². The van der Waals surface area contributed by atoms with Gasteiger partial charge in [0.15, 0.2) is 0 Å². The average molecular weight is 198 g/mol. The van der Waals surface area contributed by atoms with Gasteiger partial charge in [0.2, 0.25) is 6.29 Å². The Bertz CT molecular complexity index is 138. The molecule has 0 rings (SSSR count). The molecule has 0 spiro atoms. The summed E-state index contributed by atoms with van der Waals surface area (Å²) in [6.45, 7) is 0. The lowest BCUT2D eigenvalue weighted by Gasteiger charge is -2.26. The van der Waals surface area contributed by atoms with Crippen molar-refractivity contribution in [1.29, 1.82) is 0 Å². The van der Waals surface area contributed by atoms with E-state index in [4.69, 9.17) is 10.2 Å². The zero-order chi connectivity index (χ0) is 10.2. The second kappa shape index (κ2) is 3.09. The monoisotopic (exact) mass is 198 g/mol. The number of hydrogen-bond acceptors (Lipinski definition) is 2. The molecule has 0 unspecified atom stereocenters. The minimum absolute atomic E-state index is 3.82. The third-order valence-corrected chi connectivity index (χ3v) is 1.04. The standard InChI is InChI=1S/C4H4F6O2/c5-1(6)3(7,8)4(9,10)2(11)12/h1-2,11-12H. The van der Waals surface area contributed by atoms with E-state index >= 15 is 0 Å². The fourth-order valence-electron chi connectivity index (χ4n) is 0.318. The van der Waals surface area contributed by atoms with Crippen molar-refractivity contribution in [3.63, 3.8) is 0 Å². The molecule has 0 aromatic carbocycles. The third-order valence-electron chi connectivity index (χ3n) is 1.04. The predicted octanol–water partition coefficient (Wildman–Crippen LogP) is 0.833. The van der Waals surface area contributed by atoms with E-state index in [1.165, 1.54) is 0 Å². The molecule has 8 heteroatoms. The summed E-state index contributed by atoms with van der Waals surface area (Å²) in [5.74, 6) is -11.3. The van der Waals surface area contributed by atoms with Crippen molar-refractivity contribution in [3.8, 4) is 0 Å². The van der Waals surface area contributed by atoms with Crippen LogP contribution in [0.25, 0.3) is 0 Å². The van der Waals surface area contributed by atoms with Gasteiger partial charge in [0.25, 0.3) is 0 Å². The van der Waals surface area contributed by atoms with Crippen LogP contribution in [0.3, 0.4) is 0 Å². The van der Waals surface area contributed by atoms with Crippen molar-refractivity contribution < 1.29 is 36.6 Å². The maximum Gasteiger partial charge on any atom is 0.374 e. The molecule has 0 saturated heterocycles. The zero-order valence-corrected chi connectivity index (χ0v) is 5.32. The Balaban J connectivity index is 4.75. The van der Waals surface area contributed by atoms with Gasteiger partial charge in [-0.1, -0.05) is 0 Å². The van der Waals surface area contributed by atoms with Gasteiger partial charge in [-0.3, -0.25) is 0 Å². The molecular weight excluding hydrogens is 194 g/mol. The van der Waals surface area contributed by atoms with Gasteiger partial charge in [0, 0.05) is 0 Å². The molecule has 0 heterocycles. The Kier molecular flexibility index (Phi) is 2.97. The second-order valence-corrected chi connectivity index (χ2v) is 1.92. The first-order valence-electron chi connectivity index (χ1n) is 2.54. The van der Waals surface area contributed by atoms with Crippen molar-refractivity contribution in [2.24, 2.45) is 0 Å². The Morgan fingerprint density at radius 3 is 1.25 bits per heavy atom. The molecule has 0 aromatic rings. The molecule has 0 radical (unpaired) electrons. The summed E-state index contributed by atoms with van der Waals surface area (Å²) in [4.78, 5) is 0. The fourth-order valence-corrected chi connectivity index (χ4v) is 0.318. The van der Waals surface area contributed by atoms with Crippen molar-refractivity contribution in [1.82, 2.24) is 0 Å². The molecule has 2 N–H and O–H groups in total. The van der Waals surface area contributed by atoms with Crippen LogP contribution in [0.15, 0.2) is 0 Å². The molecule has 2 nitrogen and oxygen atoms in total. The Morgan fingerprint density at radius 1 is 0.833 bits per heavy atom. The topological polar surface area (TPSA) is 40.5 Å². The van der Waals surface area contributed by atoms with Gasteiger partial charge >= 0.3 is 18.3 Å². The molecule has 0 bridgehead atoms. The molecule has 74 valence electrons. The number of aliphatic hydroxyl groups excluding tert-OH is 1. The van der Waals surface area contributed by atoms with Crippen LogP contribution in [0, 0.1) is 0 Å². The molecule has 0 amide bonds. The Labute approximate surface area is 62.4 Å². The van der Waals surface area contributed by atoms with E-state index in [1.54, 1.807) is 0 Å². The second-order valence-electron chi connectivity index (χ2n) is 1.92. The van der Waals surface area contributed by atoms with Gasteiger partial charge in [-0.05, 0) is 0 Å². The van der Waals surface area contributed by atoms with Crippen molar-refractivity contribution in [2.75, 3.05) is 0 Å². The highest BCUT2D eigenvalue weighted by Gasteiger charge is 2.66. The van der Waals surface area contributed by atoms with E-state index in [0.29, 0.717) is 0 Å². The highest BCUT2D eigenvalue weighted by atomic mass is 19.3. The molecule has 0 atom stereocenters. The maximum atomic E-state index is 11.8. The van der Waals surface area contributed by atoms with Gasteiger partial charge in [0.05, 0.1) is 0 Å². The van der Waals surface area contributed by atoms with Crippen LogP contribution in [-0.4, -0.2) is 34.8 Å². The molecule has 12 heavy (non-hydrogen) atoms. The summed E-state index contributed by atoms with van der Waals surface area (Å²) in [5.41, 5.74) is 0. The van der Waals surface area contributed by atoms with Crippen LogP contribution in [0.5, 0.6) is 0 Å². The lowest BCUT2D eigenvalue weighted by Crippen LogP contribution is -2.53. The highest BCUT2D eigenvalue weighted by molar-refractivity contribution is 4.88. The first-order valence-corrected chi connectivity index (χ1v) is 2.54. The van der Waals surface area contributed by atoms with Gasteiger partial charge < -0.3 is 10.2 Å². The van der Waals surface area contributed by atoms with Crippen LogP contribution in [-0.2, 0) is 0 Å². The lowest BCUT2D eigenvalue weighted by atomic mass is 10.2. The molecule has 0 aliphatic heterocycles. The van der Waals surface area contributed by atoms with Crippen molar-refractivity contribution in [2.45, 2.75) is 24.6 Å². The van der Waals surface area contributed by atoms with Crippen LogP contribution >= 0.6 is 0 Å². The first-order chi connectivity index (χ1) is 5.14. The largest absolute Gasteiger partial charge is 0.374 e. The van der Waals surface area contributed by atoms with Gasteiger partial charge in [0.1, 0.15) is 0 Å². The Hall–Kier alpha value is -0.500. The summed E-state index contributed by atoms with van der Waals surface area (Å²) < 4.78 is 69.6.